The quantitative estimate of drug-likeness (QED) is 0.666. The number of thiol groups is 1. The summed E-state index contributed by atoms with van der Waals surface area (Å²) in [6.07, 6.45) is 8.46. The average Bonchev–Trinajstić information content (AvgIpc) is 2.37. The molecule has 0 aromatic heterocycles. The number of rotatable bonds is 2. The average molecular weight is 201 g/mol. The van der Waals surface area contributed by atoms with Gasteiger partial charge in [0.2, 0.25) is 0 Å². The predicted molar refractivity (Wildman–Crippen MR) is 57.1 cm³/mol. The Labute approximate surface area is 85.8 Å². The minimum atomic E-state index is 0.283. The van der Waals surface area contributed by atoms with Crippen molar-refractivity contribution in [3.63, 3.8) is 0 Å². The van der Waals surface area contributed by atoms with Crippen LogP contribution >= 0.6 is 12.6 Å². The first-order valence-electron chi connectivity index (χ1n) is 5.42. The highest BCUT2D eigenvalue weighted by Gasteiger charge is 2.34. The van der Waals surface area contributed by atoms with Crippen molar-refractivity contribution in [1.82, 2.24) is 5.32 Å². The molecule has 0 aromatic carbocycles. The van der Waals surface area contributed by atoms with Crippen LogP contribution in [0.15, 0.2) is 0 Å². The fraction of sp³-hybridized carbons (Fsp3) is 1.00. The van der Waals surface area contributed by atoms with E-state index < -0.39 is 0 Å². The minimum absolute atomic E-state index is 0.283. The van der Waals surface area contributed by atoms with Gasteiger partial charge in [0.1, 0.15) is 6.23 Å². The molecule has 0 unspecified atom stereocenters. The van der Waals surface area contributed by atoms with Crippen LogP contribution < -0.4 is 5.32 Å². The van der Waals surface area contributed by atoms with Crippen molar-refractivity contribution >= 4 is 12.6 Å². The molecule has 2 fully saturated rings. The van der Waals surface area contributed by atoms with Crippen molar-refractivity contribution in [1.29, 1.82) is 0 Å². The zero-order valence-corrected chi connectivity index (χ0v) is 8.93. The lowest BCUT2D eigenvalue weighted by molar-refractivity contribution is 0.0319. The van der Waals surface area contributed by atoms with E-state index in [1.54, 1.807) is 0 Å². The standard InChI is InChI=1S/C10H19NOS/c13-7-6-10-11-8-4-2-1-3-5-9(8)12-10/h8-11,13H,1-7H2/t8-,9+,10-/m1/s1. The van der Waals surface area contributed by atoms with Gasteiger partial charge in [0.05, 0.1) is 6.10 Å². The van der Waals surface area contributed by atoms with E-state index in [1.807, 2.05) is 0 Å². The van der Waals surface area contributed by atoms with Crippen LogP contribution in [0.3, 0.4) is 0 Å². The second-order valence-electron chi connectivity index (χ2n) is 4.09. The van der Waals surface area contributed by atoms with E-state index in [2.05, 4.69) is 17.9 Å². The lowest BCUT2D eigenvalue weighted by atomic mass is 10.1. The summed E-state index contributed by atoms with van der Waals surface area (Å²) in [6, 6.07) is 0.632. The van der Waals surface area contributed by atoms with E-state index in [4.69, 9.17) is 4.74 Å². The molecule has 1 N–H and O–H groups in total. The normalized spacial score (nSPS) is 39.9. The fourth-order valence-corrected chi connectivity index (χ4v) is 2.62. The van der Waals surface area contributed by atoms with Crippen molar-refractivity contribution < 1.29 is 4.74 Å². The zero-order chi connectivity index (χ0) is 9.10. The molecule has 0 spiro atoms. The molecule has 3 heteroatoms. The first-order chi connectivity index (χ1) is 6.40. The molecule has 1 aliphatic heterocycles. The molecule has 0 bridgehead atoms. The topological polar surface area (TPSA) is 21.3 Å². The number of ether oxygens (including phenoxy) is 1. The zero-order valence-electron chi connectivity index (χ0n) is 8.04. The Balaban J connectivity index is 1.86. The third-order valence-corrected chi connectivity index (χ3v) is 3.34. The molecule has 2 rings (SSSR count). The van der Waals surface area contributed by atoms with Crippen molar-refractivity contribution in [3.05, 3.63) is 0 Å². The van der Waals surface area contributed by atoms with Gasteiger partial charge in [-0.3, -0.25) is 5.32 Å². The summed E-state index contributed by atoms with van der Waals surface area (Å²) in [7, 11) is 0. The second kappa shape index (κ2) is 4.67. The monoisotopic (exact) mass is 201 g/mol. The number of nitrogens with one attached hydrogen (secondary N) is 1. The summed E-state index contributed by atoms with van der Waals surface area (Å²) in [5.41, 5.74) is 0. The first-order valence-corrected chi connectivity index (χ1v) is 6.06. The molecule has 1 saturated heterocycles. The fourth-order valence-electron chi connectivity index (χ4n) is 2.38. The van der Waals surface area contributed by atoms with Gasteiger partial charge in [0.25, 0.3) is 0 Å². The molecule has 0 aromatic rings. The molecule has 2 aliphatic rings. The largest absolute Gasteiger partial charge is 0.358 e. The molecular weight excluding hydrogens is 182 g/mol. The number of fused-ring (bicyclic) bond motifs is 1. The van der Waals surface area contributed by atoms with E-state index in [0.717, 1.165) is 12.2 Å². The van der Waals surface area contributed by atoms with Crippen LogP contribution in [0.5, 0.6) is 0 Å². The van der Waals surface area contributed by atoms with Gasteiger partial charge < -0.3 is 4.74 Å². The Bertz CT molecular complexity index is 151. The lowest BCUT2D eigenvalue weighted by Gasteiger charge is -2.12. The Hall–Kier alpha value is 0.270. The summed E-state index contributed by atoms with van der Waals surface area (Å²) >= 11 is 4.23. The van der Waals surface area contributed by atoms with Crippen molar-refractivity contribution in [3.8, 4) is 0 Å². The van der Waals surface area contributed by atoms with E-state index >= 15 is 0 Å². The van der Waals surface area contributed by atoms with E-state index in [0.29, 0.717) is 12.1 Å². The Morgan fingerprint density at radius 3 is 2.92 bits per heavy atom. The van der Waals surface area contributed by atoms with Gasteiger partial charge in [-0.15, -0.1) is 0 Å². The van der Waals surface area contributed by atoms with Gasteiger partial charge in [-0.05, 0) is 25.0 Å². The highest BCUT2D eigenvalue weighted by molar-refractivity contribution is 7.80. The van der Waals surface area contributed by atoms with Crippen LogP contribution in [0.4, 0.5) is 0 Å². The van der Waals surface area contributed by atoms with Gasteiger partial charge in [0, 0.05) is 6.04 Å². The van der Waals surface area contributed by atoms with Crippen LogP contribution in [0.25, 0.3) is 0 Å². The van der Waals surface area contributed by atoms with Gasteiger partial charge >= 0.3 is 0 Å². The van der Waals surface area contributed by atoms with Gasteiger partial charge in [-0.2, -0.15) is 12.6 Å². The van der Waals surface area contributed by atoms with E-state index in [1.165, 1.54) is 32.1 Å². The molecule has 1 heterocycles. The molecule has 3 atom stereocenters. The Morgan fingerprint density at radius 2 is 2.08 bits per heavy atom. The summed E-state index contributed by atoms with van der Waals surface area (Å²) in [4.78, 5) is 0. The predicted octanol–water partition coefficient (Wildman–Crippen LogP) is 1.95. The van der Waals surface area contributed by atoms with E-state index in [9.17, 15) is 0 Å². The highest BCUT2D eigenvalue weighted by Crippen LogP contribution is 2.26. The van der Waals surface area contributed by atoms with Gasteiger partial charge in [-0.1, -0.05) is 19.3 Å². The van der Waals surface area contributed by atoms with E-state index in [-0.39, 0.29) is 6.23 Å². The van der Waals surface area contributed by atoms with Crippen LogP contribution in [0, 0.1) is 0 Å². The Kier molecular flexibility index (Phi) is 3.52. The number of hydrogen-bond donors (Lipinski definition) is 2. The summed E-state index contributed by atoms with van der Waals surface area (Å²) in [5.74, 6) is 0.914. The maximum Gasteiger partial charge on any atom is 0.109 e. The third-order valence-electron chi connectivity index (χ3n) is 3.08. The van der Waals surface area contributed by atoms with Gasteiger partial charge in [-0.25, -0.2) is 0 Å². The first kappa shape index (κ1) is 9.81. The number of hydrogen-bond acceptors (Lipinski definition) is 3. The molecule has 1 saturated carbocycles. The smallest absolute Gasteiger partial charge is 0.109 e. The molecule has 1 aliphatic carbocycles. The molecule has 2 nitrogen and oxygen atoms in total. The van der Waals surface area contributed by atoms with Crippen molar-refractivity contribution in [2.75, 3.05) is 5.75 Å². The maximum absolute atomic E-state index is 5.93. The molecule has 13 heavy (non-hydrogen) atoms. The van der Waals surface area contributed by atoms with Crippen LogP contribution in [0.1, 0.15) is 38.5 Å². The molecular formula is C10H19NOS. The Morgan fingerprint density at radius 1 is 1.23 bits per heavy atom. The maximum atomic E-state index is 5.93. The van der Waals surface area contributed by atoms with Crippen LogP contribution in [-0.4, -0.2) is 24.1 Å². The summed E-state index contributed by atoms with van der Waals surface area (Å²) in [5, 5.41) is 3.56. The molecule has 76 valence electrons. The van der Waals surface area contributed by atoms with Crippen LogP contribution in [0.2, 0.25) is 0 Å². The second-order valence-corrected chi connectivity index (χ2v) is 4.53. The molecule has 0 amide bonds. The van der Waals surface area contributed by atoms with Crippen molar-refractivity contribution in [2.45, 2.75) is 56.9 Å². The lowest BCUT2D eigenvalue weighted by Crippen LogP contribution is -2.32. The minimum Gasteiger partial charge on any atom is -0.358 e. The molecule has 0 radical (unpaired) electrons. The van der Waals surface area contributed by atoms with Crippen LogP contribution in [-0.2, 0) is 4.74 Å². The SMILES string of the molecule is SCC[C@@H]1N[C@@H]2CCCCC[C@@H]2O1. The summed E-state index contributed by atoms with van der Waals surface area (Å²) in [6.45, 7) is 0. The summed E-state index contributed by atoms with van der Waals surface area (Å²) < 4.78 is 5.93. The highest BCUT2D eigenvalue weighted by atomic mass is 32.1. The van der Waals surface area contributed by atoms with Crippen molar-refractivity contribution in [2.24, 2.45) is 0 Å². The third kappa shape index (κ3) is 2.39. The van der Waals surface area contributed by atoms with Gasteiger partial charge in [0.15, 0.2) is 0 Å².